The molecule has 1 aromatic rings. The predicted octanol–water partition coefficient (Wildman–Crippen LogP) is 5.65. The molecule has 0 bridgehead atoms. The third kappa shape index (κ3) is 13.5. The molecule has 24 heavy (non-hydrogen) atoms. The molecule has 3 nitrogen and oxygen atoms in total. The molecule has 0 radical (unpaired) electrons. The number of hydrogen-bond donors (Lipinski definition) is 1. The Hall–Kier alpha value is -0.900. The van der Waals surface area contributed by atoms with E-state index in [1.165, 1.54) is 63.4 Å². The molecule has 0 amide bonds. The lowest BCUT2D eigenvalue weighted by atomic mass is 10.1. The fourth-order valence-electron chi connectivity index (χ4n) is 2.71. The van der Waals surface area contributed by atoms with Crippen molar-refractivity contribution in [3.63, 3.8) is 0 Å². The zero-order valence-electron chi connectivity index (χ0n) is 15.6. The number of rotatable bonds is 17. The second-order valence-electron chi connectivity index (χ2n) is 6.49. The molecule has 0 aromatic heterocycles. The zero-order valence-corrected chi connectivity index (χ0v) is 15.6. The van der Waals surface area contributed by atoms with Crippen molar-refractivity contribution >= 4 is 0 Å². The van der Waals surface area contributed by atoms with Crippen LogP contribution in [0.5, 0.6) is 0 Å². The first-order chi connectivity index (χ1) is 11.9. The van der Waals surface area contributed by atoms with Gasteiger partial charge in [-0.2, -0.15) is 0 Å². The largest absolute Gasteiger partial charge is 0.310 e. The van der Waals surface area contributed by atoms with E-state index in [0.717, 1.165) is 26.1 Å². The van der Waals surface area contributed by atoms with E-state index < -0.39 is 0 Å². The summed E-state index contributed by atoms with van der Waals surface area (Å²) in [6.45, 7) is 5.28. The van der Waals surface area contributed by atoms with E-state index in [9.17, 15) is 0 Å². The van der Waals surface area contributed by atoms with Crippen LogP contribution in [0.2, 0.25) is 0 Å². The highest BCUT2D eigenvalue weighted by atomic mass is 17.2. The van der Waals surface area contributed by atoms with E-state index in [-0.39, 0.29) is 0 Å². The minimum absolute atomic E-state index is 0.602. The summed E-state index contributed by atoms with van der Waals surface area (Å²) in [5, 5.41) is 3.34. The van der Waals surface area contributed by atoms with Crippen LogP contribution in [0.4, 0.5) is 0 Å². The van der Waals surface area contributed by atoms with Gasteiger partial charge in [0.2, 0.25) is 0 Å². The molecule has 0 spiro atoms. The number of hydrogen-bond acceptors (Lipinski definition) is 3. The van der Waals surface area contributed by atoms with E-state index in [2.05, 4.69) is 36.5 Å². The smallest absolute Gasteiger partial charge is 0.0946 e. The maximum absolute atomic E-state index is 5.22. The van der Waals surface area contributed by atoms with Crippen LogP contribution >= 0.6 is 0 Å². The minimum Gasteiger partial charge on any atom is -0.310 e. The Labute approximate surface area is 149 Å². The molecule has 1 rings (SSSR count). The summed E-state index contributed by atoms with van der Waals surface area (Å²) in [5.41, 5.74) is 1.30. The van der Waals surface area contributed by atoms with Crippen molar-refractivity contribution in [1.82, 2.24) is 5.32 Å². The molecule has 0 aliphatic carbocycles. The summed E-state index contributed by atoms with van der Waals surface area (Å²) in [7, 11) is 0. The van der Waals surface area contributed by atoms with Gasteiger partial charge in [-0.1, -0.05) is 95.0 Å². The highest BCUT2D eigenvalue weighted by Crippen LogP contribution is 2.10. The van der Waals surface area contributed by atoms with E-state index in [0.29, 0.717) is 6.61 Å². The van der Waals surface area contributed by atoms with Crippen LogP contribution in [0.3, 0.4) is 0 Å². The maximum Gasteiger partial charge on any atom is 0.0946 e. The van der Waals surface area contributed by atoms with Crippen molar-refractivity contribution in [3.8, 4) is 0 Å². The summed E-state index contributed by atoms with van der Waals surface area (Å²) >= 11 is 0. The highest BCUT2D eigenvalue weighted by Gasteiger charge is 1.95. The lowest BCUT2D eigenvalue weighted by Crippen LogP contribution is -2.19. The van der Waals surface area contributed by atoms with Crippen LogP contribution in [0.1, 0.15) is 76.7 Å². The number of nitrogens with one attached hydrogen (secondary N) is 1. The molecule has 0 aliphatic heterocycles. The summed E-state index contributed by atoms with van der Waals surface area (Å²) in [4.78, 5) is 10.4. The van der Waals surface area contributed by atoms with E-state index >= 15 is 0 Å². The van der Waals surface area contributed by atoms with Crippen LogP contribution in [0.25, 0.3) is 0 Å². The molecule has 0 unspecified atom stereocenters. The fourth-order valence-corrected chi connectivity index (χ4v) is 2.71. The normalized spacial score (nSPS) is 11.0. The Kier molecular flexibility index (Phi) is 14.9. The first-order valence-corrected chi connectivity index (χ1v) is 9.92. The predicted molar refractivity (Wildman–Crippen MR) is 102 cm³/mol. The monoisotopic (exact) mass is 335 g/mol. The molecule has 0 fully saturated rings. The van der Waals surface area contributed by atoms with Gasteiger partial charge in [0, 0.05) is 13.1 Å². The molecule has 0 saturated carbocycles. The highest BCUT2D eigenvalue weighted by molar-refractivity contribution is 5.14. The molecule has 0 atom stereocenters. The van der Waals surface area contributed by atoms with Crippen molar-refractivity contribution in [2.24, 2.45) is 0 Å². The summed E-state index contributed by atoms with van der Waals surface area (Å²) in [5.74, 6) is 0. The molecule has 138 valence electrons. The third-order valence-electron chi connectivity index (χ3n) is 4.20. The van der Waals surface area contributed by atoms with Crippen LogP contribution in [0.15, 0.2) is 30.3 Å². The average molecular weight is 336 g/mol. The maximum atomic E-state index is 5.22. The van der Waals surface area contributed by atoms with E-state index in [4.69, 9.17) is 9.78 Å². The van der Waals surface area contributed by atoms with Gasteiger partial charge >= 0.3 is 0 Å². The lowest BCUT2D eigenvalue weighted by Gasteiger charge is -2.06. The standard InChI is InChI=1S/C21H37NO2/c1-2-3-4-5-6-7-8-9-10-14-18-23-24-19-17-22-20-21-15-12-11-13-16-21/h11-13,15-16,22H,2-10,14,17-20H2,1H3. The Morgan fingerprint density at radius 1 is 0.708 bits per heavy atom. The van der Waals surface area contributed by atoms with Gasteiger partial charge in [0.25, 0.3) is 0 Å². The van der Waals surface area contributed by atoms with Gasteiger partial charge in [0.15, 0.2) is 0 Å². The fraction of sp³-hybridized carbons (Fsp3) is 0.714. The second-order valence-corrected chi connectivity index (χ2v) is 6.49. The lowest BCUT2D eigenvalue weighted by molar-refractivity contribution is -0.293. The van der Waals surface area contributed by atoms with Crippen LogP contribution in [0, 0.1) is 0 Å². The molecule has 0 heterocycles. The Morgan fingerprint density at radius 2 is 1.29 bits per heavy atom. The van der Waals surface area contributed by atoms with Gasteiger partial charge in [-0.3, -0.25) is 0 Å². The Bertz CT molecular complexity index is 356. The molecular formula is C21H37NO2. The van der Waals surface area contributed by atoms with Crippen LogP contribution < -0.4 is 5.32 Å². The van der Waals surface area contributed by atoms with Crippen molar-refractivity contribution in [2.45, 2.75) is 77.7 Å². The van der Waals surface area contributed by atoms with Crippen LogP contribution in [-0.4, -0.2) is 19.8 Å². The summed E-state index contributed by atoms with van der Waals surface area (Å²) in [6, 6.07) is 10.4. The zero-order chi connectivity index (χ0) is 17.1. The van der Waals surface area contributed by atoms with Crippen molar-refractivity contribution in [3.05, 3.63) is 35.9 Å². The van der Waals surface area contributed by atoms with Gasteiger partial charge in [0.05, 0.1) is 13.2 Å². The summed E-state index contributed by atoms with van der Waals surface area (Å²) in [6.07, 6.45) is 13.4. The molecule has 3 heteroatoms. The number of unbranched alkanes of at least 4 members (excludes halogenated alkanes) is 9. The molecule has 0 aliphatic rings. The minimum atomic E-state index is 0.602. The molecule has 1 aromatic carbocycles. The quantitative estimate of drug-likeness (QED) is 0.227. The first-order valence-electron chi connectivity index (χ1n) is 9.92. The van der Waals surface area contributed by atoms with Gasteiger partial charge < -0.3 is 5.32 Å². The SMILES string of the molecule is CCCCCCCCCCCCOOCCNCc1ccccc1. The molecular weight excluding hydrogens is 298 g/mol. The Balaban J connectivity index is 1.70. The van der Waals surface area contributed by atoms with E-state index in [1.807, 2.05) is 6.07 Å². The average Bonchev–Trinajstić information content (AvgIpc) is 2.62. The third-order valence-corrected chi connectivity index (χ3v) is 4.20. The Morgan fingerprint density at radius 3 is 1.96 bits per heavy atom. The first kappa shape index (κ1) is 21.1. The van der Waals surface area contributed by atoms with Crippen molar-refractivity contribution in [1.29, 1.82) is 0 Å². The van der Waals surface area contributed by atoms with Gasteiger partial charge in [0.1, 0.15) is 0 Å². The second kappa shape index (κ2) is 16.9. The van der Waals surface area contributed by atoms with Crippen molar-refractivity contribution in [2.75, 3.05) is 19.8 Å². The van der Waals surface area contributed by atoms with Crippen molar-refractivity contribution < 1.29 is 9.78 Å². The molecule has 1 N–H and O–H groups in total. The van der Waals surface area contributed by atoms with Gasteiger partial charge in [-0.05, 0) is 12.0 Å². The van der Waals surface area contributed by atoms with Gasteiger partial charge in [-0.15, -0.1) is 0 Å². The van der Waals surface area contributed by atoms with Crippen LogP contribution in [-0.2, 0) is 16.3 Å². The van der Waals surface area contributed by atoms with Gasteiger partial charge in [-0.25, -0.2) is 9.78 Å². The summed E-state index contributed by atoms with van der Waals surface area (Å²) < 4.78 is 0. The van der Waals surface area contributed by atoms with E-state index in [1.54, 1.807) is 0 Å². The molecule has 0 saturated heterocycles. The topological polar surface area (TPSA) is 30.5 Å². The number of benzene rings is 1.